The number of rotatable bonds is 6. The van der Waals surface area contributed by atoms with Crippen molar-refractivity contribution in [2.75, 3.05) is 25.5 Å². The maximum absolute atomic E-state index is 14.6. The standard InChI is InChI=1S/C25H28F4N4O5S/c1-38-22-17(2-3-19(26)21(22)27)16-7-11-33(24(35)14-4-8-25(28,29)9-5-14)13-18(16)23(34)32-15-6-10-31-20(12-15)39(30,36)37/h2-3,6,10,12,14,16,18H,4-5,7-9,11,13H2,1H3,(H2,30,36,37)(H,31,32,34)/t16-,18?/m0/s1. The SMILES string of the molecule is COc1c([C@@H]2CCN(C(=O)C3CCC(F)(F)CC3)CC2C(=O)Nc2ccnc(S(N)(=O)=O)c2)ccc(F)c1F. The lowest BCUT2D eigenvalue weighted by Gasteiger charge is -2.40. The van der Waals surface area contributed by atoms with E-state index in [1.54, 1.807) is 0 Å². The van der Waals surface area contributed by atoms with Crippen molar-refractivity contribution in [3.05, 3.63) is 47.7 Å². The second-order valence-electron chi connectivity index (χ2n) is 9.82. The molecule has 0 spiro atoms. The Morgan fingerprint density at radius 3 is 2.49 bits per heavy atom. The van der Waals surface area contributed by atoms with Gasteiger partial charge in [0, 0.05) is 61.3 Å². The lowest BCUT2D eigenvalue weighted by atomic mass is 9.78. The van der Waals surface area contributed by atoms with E-state index < -0.39 is 69.1 Å². The Bertz CT molecular complexity index is 1360. The van der Waals surface area contributed by atoms with Crippen LogP contribution in [0.5, 0.6) is 5.75 Å². The van der Waals surface area contributed by atoms with Crippen LogP contribution in [0, 0.1) is 23.5 Å². The van der Waals surface area contributed by atoms with Crippen molar-refractivity contribution in [3.63, 3.8) is 0 Å². The number of benzene rings is 1. The number of anilines is 1. The molecule has 39 heavy (non-hydrogen) atoms. The van der Waals surface area contributed by atoms with E-state index in [1.165, 1.54) is 24.1 Å². The van der Waals surface area contributed by atoms with Gasteiger partial charge in [0.2, 0.25) is 23.6 Å². The Hall–Kier alpha value is -3.26. The number of methoxy groups -OCH3 is 1. The van der Waals surface area contributed by atoms with Crippen LogP contribution < -0.4 is 15.2 Å². The Labute approximate surface area is 222 Å². The van der Waals surface area contributed by atoms with Crippen LogP contribution in [0.25, 0.3) is 0 Å². The van der Waals surface area contributed by atoms with Crippen molar-refractivity contribution < 1.29 is 40.3 Å². The predicted molar refractivity (Wildman–Crippen MR) is 131 cm³/mol. The van der Waals surface area contributed by atoms with Gasteiger partial charge in [0.25, 0.3) is 10.0 Å². The van der Waals surface area contributed by atoms with Crippen molar-refractivity contribution in [3.8, 4) is 5.75 Å². The number of nitrogens with zero attached hydrogens (tertiary/aromatic N) is 2. The molecule has 2 amide bonds. The summed E-state index contributed by atoms with van der Waals surface area (Å²) in [5, 5.41) is 7.23. The highest BCUT2D eigenvalue weighted by atomic mass is 32.2. The van der Waals surface area contributed by atoms with E-state index in [-0.39, 0.29) is 55.3 Å². The van der Waals surface area contributed by atoms with Crippen molar-refractivity contribution >= 4 is 27.5 Å². The van der Waals surface area contributed by atoms with E-state index in [0.29, 0.717) is 0 Å². The summed E-state index contributed by atoms with van der Waals surface area (Å²) in [5.74, 6) is -8.84. The van der Waals surface area contributed by atoms with Crippen LogP contribution in [0.3, 0.4) is 0 Å². The molecule has 2 aliphatic rings. The van der Waals surface area contributed by atoms with Gasteiger partial charge in [0.15, 0.2) is 16.6 Å². The molecule has 0 radical (unpaired) electrons. The molecule has 1 saturated heterocycles. The second-order valence-corrected chi connectivity index (χ2v) is 11.3. The van der Waals surface area contributed by atoms with Gasteiger partial charge in [-0.2, -0.15) is 4.39 Å². The van der Waals surface area contributed by atoms with Gasteiger partial charge in [-0.05, 0) is 31.4 Å². The third kappa shape index (κ3) is 6.32. The molecule has 1 aliphatic carbocycles. The minimum absolute atomic E-state index is 0.0208. The molecule has 9 nitrogen and oxygen atoms in total. The summed E-state index contributed by atoms with van der Waals surface area (Å²) in [6.45, 7) is 0.0324. The number of hydrogen-bond donors (Lipinski definition) is 2. The number of primary sulfonamides is 1. The molecule has 1 aliphatic heterocycles. The second kappa shape index (κ2) is 11.1. The van der Waals surface area contributed by atoms with Crippen LogP contribution in [0.15, 0.2) is 35.5 Å². The molecular formula is C25H28F4N4O5S. The highest BCUT2D eigenvalue weighted by Crippen LogP contribution is 2.42. The average molecular weight is 573 g/mol. The molecular weight excluding hydrogens is 544 g/mol. The number of pyridine rings is 1. The first kappa shape index (κ1) is 28.7. The molecule has 1 aromatic carbocycles. The smallest absolute Gasteiger partial charge is 0.255 e. The molecule has 2 aromatic rings. The molecule has 1 aromatic heterocycles. The minimum Gasteiger partial charge on any atom is -0.493 e. The number of hydrogen-bond acceptors (Lipinski definition) is 6. The number of aromatic nitrogens is 1. The fraction of sp³-hybridized carbons (Fsp3) is 0.480. The number of nitrogens with one attached hydrogen (secondary N) is 1. The zero-order chi connectivity index (χ0) is 28.5. The molecule has 3 N–H and O–H groups in total. The van der Waals surface area contributed by atoms with Gasteiger partial charge >= 0.3 is 0 Å². The topological polar surface area (TPSA) is 132 Å². The maximum Gasteiger partial charge on any atom is 0.255 e. The average Bonchev–Trinajstić information content (AvgIpc) is 2.89. The number of likely N-dealkylation sites (tertiary alicyclic amines) is 1. The van der Waals surface area contributed by atoms with E-state index in [4.69, 9.17) is 9.88 Å². The predicted octanol–water partition coefficient (Wildman–Crippen LogP) is 3.41. The van der Waals surface area contributed by atoms with E-state index in [0.717, 1.165) is 18.3 Å². The van der Waals surface area contributed by atoms with Crippen molar-refractivity contribution in [2.45, 2.75) is 49.0 Å². The summed E-state index contributed by atoms with van der Waals surface area (Å²) in [7, 11) is -2.99. The van der Waals surface area contributed by atoms with Gasteiger partial charge in [-0.1, -0.05) is 6.07 Å². The molecule has 14 heteroatoms. The first-order valence-electron chi connectivity index (χ1n) is 12.3. The lowest BCUT2D eigenvalue weighted by Crippen LogP contribution is -2.49. The van der Waals surface area contributed by atoms with Crippen molar-refractivity contribution in [1.82, 2.24) is 9.88 Å². The van der Waals surface area contributed by atoms with Crippen LogP contribution in [0.4, 0.5) is 23.2 Å². The van der Waals surface area contributed by atoms with Crippen LogP contribution in [0.2, 0.25) is 0 Å². The molecule has 0 bridgehead atoms. The molecule has 4 rings (SSSR count). The van der Waals surface area contributed by atoms with E-state index in [2.05, 4.69) is 10.3 Å². The molecule has 1 saturated carbocycles. The number of carbonyl (C=O) groups excluding carboxylic acids is 2. The summed E-state index contributed by atoms with van der Waals surface area (Å²) in [6, 6.07) is 4.64. The molecule has 1 unspecified atom stereocenters. The Balaban J connectivity index is 1.63. The fourth-order valence-electron chi connectivity index (χ4n) is 5.26. The zero-order valence-corrected chi connectivity index (χ0v) is 21.8. The number of nitrogens with two attached hydrogens (primary N) is 1. The molecule has 2 atom stereocenters. The van der Waals surface area contributed by atoms with Gasteiger partial charge < -0.3 is 15.0 Å². The van der Waals surface area contributed by atoms with Crippen LogP contribution in [-0.4, -0.2) is 56.2 Å². The number of amides is 2. The first-order chi connectivity index (χ1) is 18.3. The first-order valence-corrected chi connectivity index (χ1v) is 13.8. The highest BCUT2D eigenvalue weighted by Gasteiger charge is 2.43. The quantitative estimate of drug-likeness (QED) is 0.510. The van der Waals surface area contributed by atoms with Crippen LogP contribution in [0.1, 0.15) is 43.6 Å². The Kier molecular flexibility index (Phi) is 8.17. The van der Waals surface area contributed by atoms with Gasteiger partial charge in [-0.15, -0.1) is 0 Å². The van der Waals surface area contributed by atoms with E-state index in [1.807, 2.05) is 0 Å². The zero-order valence-electron chi connectivity index (χ0n) is 21.0. The minimum atomic E-state index is -4.16. The fourth-order valence-corrected chi connectivity index (χ4v) is 5.76. The molecule has 2 heterocycles. The number of halogens is 4. The normalized spacial score (nSPS) is 21.8. The highest BCUT2D eigenvalue weighted by molar-refractivity contribution is 7.89. The number of piperidine rings is 1. The largest absolute Gasteiger partial charge is 0.493 e. The monoisotopic (exact) mass is 572 g/mol. The van der Waals surface area contributed by atoms with Crippen molar-refractivity contribution in [2.24, 2.45) is 17.0 Å². The van der Waals surface area contributed by atoms with Crippen LogP contribution >= 0.6 is 0 Å². The number of alkyl halides is 2. The Morgan fingerprint density at radius 2 is 1.85 bits per heavy atom. The number of carbonyl (C=O) groups is 2. The van der Waals surface area contributed by atoms with E-state index >= 15 is 0 Å². The van der Waals surface area contributed by atoms with Gasteiger partial charge in [-0.25, -0.2) is 31.7 Å². The number of sulfonamides is 1. The number of ether oxygens (including phenoxy) is 1. The summed E-state index contributed by atoms with van der Waals surface area (Å²) in [5.41, 5.74) is 0.286. The van der Waals surface area contributed by atoms with Gasteiger partial charge in [0.1, 0.15) is 0 Å². The molecule has 2 fully saturated rings. The van der Waals surface area contributed by atoms with Crippen molar-refractivity contribution in [1.29, 1.82) is 0 Å². The summed E-state index contributed by atoms with van der Waals surface area (Å²) in [6.07, 6.45) is 0.558. The van der Waals surface area contributed by atoms with E-state index in [9.17, 15) is 35.6 Å². The maximum atomic E-state index is 14.6. The summed E-state index contributed by atoms with van der Waals surface area (Å²) < 4.78 is 84.2. The lowest BCUT2D eigenvalue weighted by molar-refractivity contribution is -0.142. The van der Waals surface area contributed by atoms with Gasteiger partial charge in [0.05, 0.1) is 13.0 Å². The Morgan fingerprint density at radius 1 is 1.15 bits per heavy atom. The summed E-state index contributed by atoms with van der Waals surface area (Å²) in [4.78, 5) is 31.9. The van der Waals surface area contributed by atoms with Gasteiger partial charge in [-0.3, -0.25) is 9.59 Å². The third-order valence-electron chi connectivity index (χ3n) is 7.31. The van der Waals surface area contributed by atoms with Crippen LogP contribution in [-0.2, 0) is 19.6 Å². The molecule has 212 valence electrons. The summed E-state index contributed by atoms with van der Waals surface area (Å²) >= 11 is 0. The third-order valence-corrected chi connectivity index (χ3v) is 8.11.